The van der Waals surface area contributed by atoms with Gasteiger partial charge in [-0.2, -0.15) is 5.10 Å². The van der Waals surface area contributed by atoms with E-state index in [1.54, 1.807) is 6.20 Å². The van der Waals surface area contributed by atoms with Crippen molar-refractivity contribution >= 4 is 6.03 Å². The Kier molecular flexibility index (Phi) is 4.66. The number of benzene rings is 1. The molecule has 1 atom stereocenters. The molecule has 1 saturated heterocycles. The highest BCUT2D eigenvalue weighted by Crippen LogP contribution is 2.32. The summed E-state index contributed by atoms with van der Waals surface area (Å²) in [6.45, 7) is 5.09. The summed E-state index contributed by atoms with van der Waals surface area (Å²) in [5, 5.41) is 11.4. The van der Waals surface area contributed by atoms with Gasteiger partial charge >= 0.3 is 6.03 Å². The Morgan fingerprint density at radius 2 is 2.19 bits per heavy atom. The summed E-state index contributed by atoms with van der Waals surface area (Å²) in [5.74, 6) is 0.757. The van der Waals surface area contributed by atoms with Crippen molar-refractivity contribution in [3.8, 4) is 5.69 Å². The second-order valence-corrected chi connectivity index (χ2v) is 6.96. The molecule has 0 bridgehead atoms. The first kappa shape index (κ1) is 17.3. The van der Waals surface area contributed by atoms with E-state index in [0.717, 1.165) is 47.7 Å². The molecule has 0 aliphatic carbocycles. The molecule has 7 heteroatoms. The first-order valence-corrected chi connectivity index (χ1v) is 9.19. The zero-order chi connectivity index (χ0) is 18.8. The minimum atomic E-state index is -0.0878. The largest absolute Gasteiger partial charge is 0.359 e. The second kappa shape index (κ2) is 7.26. The van der Waals surface area contributed by atoms with Crippen molar-refractivity contribution in [3.05, 3.63) is 65.3 Å². The predicted octanol–water partition coefficient (Wildman–Crippen LogP) is 3.52. The molecule has 7 nitrogen and oxygen atoms in total. The normalized spacial score (nSPS) is 16.7. The smallest absolute Gasteiger partial charge is 0.318 e. The molecule has 1 aliphatic rings. The highest BCUT2D eigenvalue weighted by atomic mass is 16.5. The number of amides is 2. The van der Waals surface area contributed by atoms with Crippen LogP contribution in [0, 0.1) is 13.8 Å². The van der Waals surface area contributed by atoms with Crippen LogP contribution in [0.15, 0.2) is 47.2 Å². The quantitative estimate of drug-likeness (QED) is 0.767. The fourth-order valence-electron chi connectivity index (χ4n) is 3.53. The van der Waals surface area contributed by atoms with Crippen LogP contribution in [0.2, 0.25) is 0 Å². The zero-order valence-corrected chi connectivity index (χ0v) is 15.6. The third-order valence-electron chi connectivity index (χ3n) is 4.93. The summed E-state index contributed by atoms with van der Waals surface area (Å²) >= 11 is 0. The van der Waals surface area contributed by atoms with Gasteiger partial charge < -0.3 is 14.7 Å². The summed E-state index contributed by atoms with van der Waals surface area (Å²) < 4.78 is 7.21. The minimum Gasteiger partial charge on any atom is -0.359 e. The lowest BCUT2D eigenvalue weighted by atomic mass is 10.1. The molecule has 4 rings (SSSR count). The summed E-state index contributed by atoms with van der Waals surface area (Å²) in [5.41, 5.74) is 3.98. The fourth-order valence-corrected chi connectivity index (χ4v) is 3.53. The highest BCUT2D eigenvalue weighted by molar-refractivity contribution is 5.75. The molecule has 1 fully saturated rings. The monoisotopic (exact) mass is 365 g/mol. The van der Waals surface area contributed by atoms with Crippen LogP contribution in [0.4, 0.5) is 4.79 Å². The lowest BCUT2D eigenvalue weighted by molar-refractivity contribution is 0.182. The molecule has 0 unspecified atom stereocenters. The van der Waals surface area contributed by atoms with E-state index in [1.807, 2.05) is 47.0 Å². The number of aryl methyl sites for hydroxylation is 2. The van der Waals surface area contributed by atoms with Crippen LogP contribution in [0.25, 0.3) is 5.69 Å². The van der Waals surface area contributed by atoms with E-state index >= 15 is 0 Å². The zero-order valence-electron chi connectivity index (χ0n) is 15.6. The van der Waals surface area contributed by atoms with E-state index < -0.39 is 0 Å². The molecule has 1 N–H and O–H groups in total. The van der Waals surface area contributed by atoms with Crippen LogP contribution >= 0.6 is 0 Å². The van der Waals surface area contributed by atoms with Crippen LogP contribution in [0.5, 0.6) is 0 Å². The summed E-state index contributed by atoms with van der Waals surface area (Å²) in [4.78, 5) is 14.5. The van der Waals surface area contributed by atoms with E-state index in [4.69, 9.17) is 4.52 Å². The maximum absolute atomic E-state index is 12.7. The molecule has 1 aromatic carbocycles. The first-order valence-electron chi connectivity index (χ1n) is 9.19. The van der Waals surface area contributed by atoms with Crippen molar-refractivity contribution in [3.63, 3.8) is 0 Å². The highest BCUT2D eigenvalue weighted by Gasteiger charge is 2.32. The Morgan fingerprint density at radius 3 is 2.96 bits per heavy atom. The fraction of sp³-hybridized carbons (Fsp3) is 0.350. The van der Waals surface area contributed by atoms with Gasteiger partial charge in [0.05, 0.1) is 23.6 Å². The Bertz CT molecular complexity index is 945. The molecule has 3 aromatic rings. The van der Waals surface area contributed by atoms with Gasteiger partial charge in [-0.25, -0.2) is 9.48 Å². The Hall–Kier alpha value is -3.09. The first-order chi connectivity index (χ1) is 13.1. The van der Waals surface area contributed by atoms with E-state index in [0.29, 0.717) is 6.54 Å². The number of carbonyl (C=O) groups excluding carboxylic acids is 1. The topological polar surface area (TPSA) is 76.2 Å². The van der Waals surface area contributed by atoms with Crippen molar-refractivity contribution in [2.24, 2.45) is 0 Å². The van der Waals surface area contributed by atoms with Gasteiger partial charge in [0.15, 0.2) is 5.76 Å². The lowest BCUT2D eigenvalue weighted by Crippen LogP contribution is -2.39. The molecule has 2 aromatic heterocycles. The SMILES string of the molecule is Cc1cc([C@@H]2CCCN2C(=O)NCc2cnn(-c3ccccc3C)c2)on1. The number of nitrogens with zero attached hydrogens (tertiary/aromatic N) is 4. The number of rotatable bonds is 4. The molecule has 3 heterocycles. The van der Waals surface area contributed by atoms with Crippen LogP contribution in [0.1, 0.15) is 41.5 Å². The van der Waals surface area contributed by atoms with Crippen molar-refractivity contribution in [2.75, 3.05) is 6.54 Å². The summed E-state index contributed by atoms with van der Waals surface area (Å²) in [6, 6.07) is 9.85. The summed E-state index contributed by atoms with van der Waals surface area (Å²) in [6.07, 6.45) is 5.59. The lowest BCUT2D eigenvalue weighted by Gasteiger charge is -2.22. The Labute approximate surface area is 158 Å². The van der Waals surface area contributed by atoms with Crippen molar-refractivity contribution in [1.82, 2.24) is 25.2 Å². The molecule has 1 aliphatic heterocycles. The number of carbonyl (C=O) groups is 1. The summed E-state index contributed by atoms with van der Waals surface area (Å²) in [7, 11) is 0. The van der Waals surface area contributed by atoms with Gasteiger partial charge in [0.25, 0.3) is 0 Å². The third kappa shape index (κ3) is 3.58. The predicted molar refractivity (Wildman–Crippen MR) is 100 cm³/mol. The van der Waals surface area contributed by atoms with Gasteiger partial charge in [-0.3, -0.25) is 0 Å². The number of likely N-dealkylation sites (tertiary alicyclic amines) is 1. The van der Waals surface area contributed by atoms with Gasteiger partial charge in [0.2, 0.25) is 0 Å². The van der Waals surface area contributed by atoms with Gasteiger partial charge in [-0.15, -0.1) is 0 Å². The molecule has 140 valence electrons. The molecule has 27 heavy (non-hydrogen) atoms. The molecular formula is C20H23N5O2. The Balaban J connectivity index is 1.40. The average Bonchev–Trinajstić information content (AvgIpc) is 3.40. The van der Waals surface area contributed by atoms with Crippen molar-refractivity contribution in [1.29, 1.82) is 0 Å². The molecule has 0 radical (unpaired) electrons. The van der Waals surface area contributed by atoms with Crippen LogP contribution in [-0.2, 0) is 6.54 Å². The number of urea groups is 1. The minimum absolute atomic E-state index is 0.0408. The van der Waals surface area contributed by atoms with Gasteiger partial charge in [0, 0.05) is 30.9 Å². The number of hydrogen-bond acceptors (Lipinski definition) is 4. The maximum Gasteiger partial charge on any atom is 0.318 e. The maximum atomic E-state index is 12.7. The number of para-hydroxylation sites is 1. The number of aromatic nitrogens is 3. The van der Waals surface area contributed by atoms with Crippen LogP contribution in [0.3, 0.4) is 0 Å². The van der Waals surface area contributed by atoms with Gasteiger partial charge in [-0.05, 0) is 38.3 Å². The third-order valence-corrected chi connectivity index (χ3v) is 4.93. The van der Waals surface area contributed by atoms with E-state index in [1.165, 1.54) is 0 Å². The van der Waals surface area contributed by atoms with E-state index in [-0.39, 0.29) is 12.1 Å². The standard InChI is InChI=1S/C20H23N5O2/c1-14-6-3-4-7-17(14)25-13-16(12-22-25)11-21-20(26)24-9-5-8-18(24)19-10-15(2)23-27-19/h3-4,6-7,10,12-13,18H,5,8-9,11H2,1-2H3,(H,21,26)/t18-/m0/s1. The van der Waals surface area contributed by atoms with Gasteiger partial charge in [0.1, 0.15) is 0 Å². The molecule has 0 saturated carbocycles. The van der Waals surface area contributed by atoms with Crippen LogP contribution in [-0.4, -0.2) is 32.4 Å². The average molecular weight is 365 g/mol. The Morgan fingerprint density at radius 1 is 1.33 bits per heavy atom. The van der Waals surface area contributed by atoms with Crippen molar-refractivity contribution < 1.29 is 9.32 Å². The van der Waals surface area contributed by atoms with E-state index in [9.17, 15) is 4.79 Å². The number of nitrogens with one attached hydrogen (secondary N) is 1. The van der Waals surface area contributed by atoms with Crippen LogP contribution < -0.4 is 5.32 Å². The van der Waals surface area contributed by atoms with E-state index in [2.05, 4.69) is 28.6 Å². The molecule has 0 spiro atoms. The molecule has 2 amide bonds. The number of hydrogen-bond donors (Lipinski definition) is 1. The van der Waals surface area contributed by atoms with Crippen molar-refractivity contribution in [2.45, 2.75) is 39.3 Å². The second-order valence-electron chi connectivity index (χ2n) is 6.96. The molecular weight excluding hydrogens is 342 g/mol. The van der Waals surface area contributed by atoms with Gasteiger partial charge in [-0.1, -0.05) is 23.4 Å².